The summed E-state index contributed by atoms with van der Waals surface area (Å²) in [5.41, 5.74) is 11.1. The predicted molar refractivity (Wildman–Crippen MR) is 157 cm³/mol. The number of hydrogen-bond donors (Lipinski definition) is 3. The molecule has 1 atom stereocenters. The number of nitrogens with zero attached hydrogens (tertiary/aromatic N) is 6. The maximum absolute atomic E-state index is 9.53. The van der Waals surface area contributed by atoms with Gasteiger partial charge in [0.15, 0.2) is 5.82 Å². The number of nitrogens with two attached hydrogens (primary N) is 1. The van der Waals surface area contributed by atoms with Crippen LogP contribution in [0.15, 0.2) is 24.5 Å². The van der Waals surface area contributed by atoms with E-state index in [-0.39, 0.29) is 18.6 Å². The summed E-state index contributed by atoms with van der Waals surface area (Å²) in [7, 11) is 1.69. The number of nitrogens with one attached hydrogen (secondary N) is 1. The van der Waals surface area contributed by atoms with Crippen molar-refractivity contribution in [3.63, 3.8) is 0 Å². The van der Waals surface area contributed by atoms with Gasteiger partial charge in [-0.1, -0.05) is 19.4 Å². The molecule has 0 aromatic carbocycles. The van der Waals surface area contributed by atoms with Crippen LogP contribution < -0.4 is 15.8 Å². The van der Waals surface area contributed by atoms with Crippen molar-refractivity contribution in [2.75, 3.05) is 44.4 Å². The largest absolute Gasteiger partial charge is 0.495 e. The summed E-state index contributed by atoms with van der Waals surface area (Å²) < 4.78 is 7.65. The molecule has 10 nitrogen and oxygen atoms in total. The predicted octanol–water partition coefficient (Wildman–Crippen LogP) is 4.10. The van der Waals surface area contributed by atoms with E-state index >= 15 is 0 Å². The highest BCUT2D eigenvalue weighted by atomic mass is 16.5. The minimum Gasteiger partial charge on any atom is -0.495 e. The highest BCUT2D eigenvalue weighted by Gasteiger charge is 2.40. The Bertz CT molecular complexity index is 1370. The number of hydrogen-bond acceptors (Lipinski definition) is 9. The number of aliphatic hydroxyl groups excluding tert-OH is 1. The van der Waals surface area contributed by atoms with Gasteiger partial charge in [-0.3, -0.25) is 9.67 Å². The number of ether oxygens (including phenoxy) is 1. The van der Waals surface area contributed by atoms with E-state index in [0.29, 0.717) is 29.7 Å². The van der Waals surface area contributed by atoms with Gasteiger partial charge in [-0.2, -0.15) is 10.1 Å². The normalized spacial score (nSPS) is 19.4. The molecule has 4 heterocycles. The maximum Gasteiger partial charge on any atom is 0.222 e. The first-order valence-electron chi connectivity index (χ1n) is 14.8. The lowest BCUT2D eigenvalue weighted by Crippen LogP contribution is -2.42. The average Bonchev–Trinajstić information content (AvgIpc) is 3.66. The monoisotopic (exact) mass is 546 g/mol. The Labute approximate surface area is 236 Å². The molecule has 0 amide bonds. The quantitative estimate of drug-likeness (QED) is 0.308. The van der Waals surface area contributed by atoms with Gasteiger partial charge in [-0.15, -0.1) is 0 Å². The first-order valence-corrected chi connectivity index (χ1v) is 14.8. The van der Waals surface area contributed by atoms with Crippen molar-refractivity contribution >= 4 is 28.4 Å². The molecule has 3 aromatic heterocycles. The molecular weight excluding hydrogens is 504 g/mol. The van der Waals surface area contributed by atoms with Gasteiger partial charge in [-0.25, -0.2) is 4.98 Å². The number of allylic oxidation sites excluding steroid dienone is 2. The number of fused-ring (bicyclic) bond motifs is 1. The zero-order valence-electron chi connectivity index (χ0n) is 23.8. The minimum atomic E-state index is 0.0762. The van der Waals surface area contributed by atoms with Crippen molar-refractivity contribution in [1.29, 1.82) is 0 Å². The average molecular weight is 547 g/mol. The van der Waals surface area contributed by atoms with Gasteiger partial charge in [0.05, 0.1) is 19.9 Å². The fourth-order valence-electron chi connectivity index (χ4n) is 6.38. The Morgan fingerprint density at radius 3 is 2.70 bits per heavy atom. The topological polar surface area (TPSA) is 127 Å². The van der Waals surface area contributed by atoms with Crippen LogP contribution in [0.5, 0.6) is 5.75 Å². The Balaban J connectivity index is 1.19. The van der Waals surface area contributed by atoms with E-state index in [0.717, 1.165) is 47.7 Å². The summed E-state index contributed by atoms with van der Waals surface area (Å²) in [6.45, 7) is 6.39. The van der Waals surface area contributed by atoms with Crippen molar-refractivity contribution in [3.8, 4) is 5.75 Å². The van der Waals surface area contributed by atoms with E-state index in [1.807, 2.05) is 10.9 Å². The molecule has 10 heteroatoms. The van der Waals surface area contributed by atoms with Crippen LogP contribution in [0.1, 0.15) is 69.5 Å². The van der Waals surface area contributed by atoms with Crippen LogP contribution >= 0.6 is 0 Å². The molecule has 214 valence electrons. The number of anilines is 2. The zero-order chi connectivity index (χ0) is 27.7. The van der Waals surface area contributed by atoms with E-state index in [9.17, 15) is 5.11 Å². The second kappa shape index (κ2) is 11.3. The highest BCUT2D eigenvalue weighted by Crippen LogP contribution is 2.51. The third-order valence-corrected chi connectivity index (χ3v) is 8.87. The van der Waals surface area contributed by atoms with Crippen molar-refractivity contribution in [1.82, 2.24) is 29.6 Å². The van der Waals surface area contributed by atoms with Gasteiger partial charge >= 0.3 is 0 Å². The van der Waals surface area contributed by atoms with E-state index in [1.165, 1.54) is 50.9 Å². The first kappa shape index (κ1) is 27.0. The Morgan fingerprint density at radius 1 is 1.20 bits per heavy atom. The minimum absolute atomic E-state index is 0.0762. The summed E-state index contributed by atoms with van der Waals surface area (Å²) in [5.74, 6) is 2.53. The van der Waals surface area contributed by atoms with Crippen LogP contribution in [0.2, 0.25) is 0 Å². The summed E-state index contributed by atoms with van der Waals surface area (Å²) in [5, 5.41) is 17.6. The fraction of sp³-hybridized carbons (Fsp3) is 0.600. The number of aromatic nitrogens is 5. The van der Waals surface area contributed by atoms with Crippen LogP contribution in [-0.2, 0) is 6.54 Å². The fourth-order valence-corrected chi connectivity index (χ4v) is 6.38. The summed E-state index contributed by atoms with van der Waals surface area (Å²) in [6.07, 6.45) is 15.2. The number of methoxy groups -OCH3 is 1. The maximum atomic E-state index is 9.53. The van der Waals surface area contributed by atoms with E-state index in [2.05, 4.69) is 44.3 Å². The molecule has 1 saturated carbocycles. The second-order valence-corrected chi connectivity index (χ2v) is 11.9. The van der Waals surface area contributed by atoms with Crippen LogP contribution in [0.25, 0.3) is 16.6 Å². The lowest BCUT2D eigenvalue weighted by molar-refractivity contribution is 0.129. The van der Waals surface area contributed by atoms with Crippen molar-refractivity contribution < 1.29 is 9.84 Å². The molecule has 1 aliphatic heterocycles. The van der Waals surface area contributed by atoms with Crippen LogP contribution in [-0.4, -0.2) is 74.1 Å². The van der Waals surface area contributed by atoms with Crippen LogP contribution in [0.4, 0.5) is 11.8 Å². The molecular formula is C30H42N8O2. The third-order valence-electron chi connectivity index (χ3n) is 8.87. The number of likely N-dealkylation sites (tertiary alicyclic amines) is 1. The summed E-state index contributed by atoms with van der Waals surface area (Å²) in [4.78, 5) is 16.4. The molecule has 3 aromatic rings. The molecule has 3 aliphatic rings. The summed E-state index contributed by atoms with van der Waals surface area (Å²) >= 11 is 0. The zero-order valence-corrected chi connectivity index (χ0v) is 23.8. The highest BCUT2D eigenvalue weighted by molar-refractivity contribution is 5.86. The van der Waals surface area contributed by atoms with Crippen molar-refractivity contribution in [2.45, 2.75) is 70.9 Å². The molecule has 2 fully saturated rings. The van der Waals surface area contributed by atoms with Crippen molar-refractivity contribution in [3.05, 3.63) is 35.8 Å². The number of aliphatic hydroxyl groups is 1. The molecule has 1 saturated heterocycles. The first-order chi connectivity index (χ1) is 19.5. The third kappa shape index (κ3) is 5.65. The Hall–Kier alpha value is -3.24. The number of rotatable bonds is 12. The van der Waals surface area contributed by atoms with E-state index < -0.39 is 0 Å². The van der Waals surface area contributed by atoms with Gasteiger partial charge in [0, 0.05) is 25.4 Å². The summed E-state index contributed by atoms with van der Waals surface area (Å²) in [6, 6.07) is 2.19. The lowest BCUT2D eigenvalue weighted by atomic mass is 9.64. The van der Waals surface area contributed by atoms with Crippen LogP contribution in [0.3, 0.4) is 0 Å². The molecule has 2 aliphatic carbocycles. The molecule has 0 radical (unpaired) electrons. The smallest absolute Gasteiger partial charge is 0.222 e. The molecule has 0 bridgehead atoms. The van der Waals surface area contributed by atoms with Gasteiger partial charge in [0.25, 0.3) is 0 Å². The Kier molecular flexibility index (Phi) is 7.63. The van der Waals surface area contributed by atoms with Gasteiger partial charge in [0.2, 0.25) is 5.95 Å². The number of nitrogen functional groups attached to an aromatic ring is 1. The number of piperidine rings is 1. The molecule has 6 rings (SSSR count). The second-order valence-electron chi connectivity index (χ2n) is 11.9. The van der Waals surface area contributed by atoms with Crippen molar-refractivity contribution in [2.24, 2.45) is 11.3 Å². The van der Waals surface area contributed by atoms with E-state index in [4.69, 9.17) is 15.5 Å². The SMILES string of the molecule is CCC[C@@H](CCO)Nc1nc(N)nc2cnn(Cc3ncc(C4=CC5(CCN(CC6CC6)CC5)C4)cc3OC)c12. The van der Waals surface area contributed by atoms with Gasteiger partial charge in [0.1, 0.15) is 22.5 Å². The standard InChI is InChI=1S/C30H42N8O2/c1-3-4-23(7-12-39)34-28-27-24(35-29(31)36-28)17-33-38(27)19-25-26(40-2)13-21(16-32-25)22-14-30(15-22)8-10-37(11-9-30)18-20-5-6-20/h13-14,16-17,20,23,39H,3-12,15,18-19H2,1-2H3,(H3,31,34,35,36)/t23-/m0/s1. The van der Waals surface area contributed by atoms with Gasteiger partial charge < -0.3 is 25.8 Å². The molecule has 1 spiro atoms. The lowest BCUT2D eigenvalue weighted by Gasteiger charge is -2.46. The molecule has 0 unspecified atom stereocenters. The number of pyridine rings is 1. The molecule has 4 N–H and O–H groups in total. The van der Waals surface area contributed by atoms with Gasteiger partial charge in [-0.05, 0) is 86.6 Å². The molecule has 40 heavy (non-hydrogen) atoms. The van der Waals surface area contributed by atoms with E-state index in [1.54, 1.807) is 13.3 Å². The Morgan fingerprint density at radius 2 is 2.00 bits per heavy atom. The van der Waals surface area contributed by atoms with Crippen LogP contribution in [0, 0.1) is 11.3 Å².